The lowest BCUT2D eigenvalue weighted by Gasteiger charge is -2.18. The fraction of sp³-hybridized carbons (Fsp3) is 0.250. The molecule has 0 bridgehead atoms. The predicted octanol–water partition coefficient (Wildman–Crippen LogP) is 1.91. The molecule has 4 N–H and O–H groups in total. The van der Waals surface area contributed by atoms with E-state index < -0.39 is 11.9 Å². The maximum Gasteiger partial charge on any atom is 0.307 e. The highest BCUT2D eigenvalue weighted by atomic mass is 35.5. The lowest BCUT2D eigenvalue weighted by atomic mass is 9.99. The Morgan fingerprint density at radius 1 is 1.17 bits per heavy atom. The molecule has 0 aromatic heterocycles. The van der Waals surface area contributed by atoms with Crippen molar-refractivity contribution in [2.45, 2.75) is 25.8 Å². The van der Waals surface area contributed by atoms with Crippen LogP contribution in [0.5, 0.6) is 0 Å². The number of nitrogens with zero attached hydrogens (tertiary/aromatic N) is 1. The second kappa shape index (κ2) is 9.90. The van der Waals surface area contributed by atoms with Gasteiger partial charge in [0, 0.05) is 11.1 Å². The molecule has 0 unspecified atom stereocenters. The van der Waals surface area contributed by atoms with E-state index in [2.05, 4.69) is 26.9 Å². The van der Waals surface area contributed by atoms with Gasteiger partial charge < -0.3 is 10.1 Å². The largest absolute Gasteiger partial charge is 0.466 e. The zero-order valence-corrected chi connectivity index (χ0v) is 16.6. The van der Waals surface area contributed by atoms with Gasteiger partial charge in [0.05, 0.1) is 13.0 Å². The first kappa shape index (κ1) is 20.6. The van der Waals surface area contributed by atoms with Crippen molar-refractivity contribution in [3.63, 3.8) is 0 Å². The molecule has 0 spiro atoms. The molecule has 1 atom stereocenters. The summed E-state index contributed by atoms with van der Waals surface area (Å²) in [5.41, 5.74) is 10.5. The molecule has 8 nitrogen and oxygen atoms in total. The topological polar surface area (TPSA) is 104 Å². The molecule has 0 saturated heterocycles. The summed E-state index contributed by atoms with van der Waals surface area (Å²) in [6, 6.07) is 15.1. The summed E-state index contributed by atoms with van der Waals surface area (Å²) in [7, 11) is 0. The molecule has 1 aliphatic rings. The summed E-state index contributed by atoms with van der Waals surface area (Å²) in [4.78, 5) is 24.3. The Morgan fingerprint density at radius 3 is 2.62 bits per heavy atom. The van der Waals surface area contributed by atoms with Crippen LogP contribution in [0, 0.1) is 0 Å². The molecular formula is C20H22ClN5O3. The number of rotatable bonds is 8. The van der Waals surface area contributed by atoms with E-state index in [4.69, 9.17) is 16.3 Å². The zero-order chi connectivity index (χ0) is 20.6. The predicted molar refractivity (Wildman–Crippen MR) is 111 cm³/mol. The maximum absolute atomic E-state index is 12.3. The second-order valence-electron chi connectivity index (χ2n) is 6.41. The normalized spacial score (nSPS) is 13.7. The monoisotopic (exact) mass is 415 g/mol. The maximum atomic E-state index is 12.3. The number of halogens is 1. The Kier molecular flexibility index (Phi) is 7.04. The van der Waals surface area contributed by atoms with Crippen molar-refractivity contribution in [2.75, 3.05) is 6.61 Å². The van der Waals surface area contributed by atoms with Crippen LogP contribution in [0.2, 0.25) is 5.02 Å². The number of hydrazine groups is 2. The number of benzene rings is 2. The number of amidine groups is 1. The number of hydrazone groups is 1. The molecule has 3 rings (SSSR count). The quantitative estimate of drug-likeness (QED) is 0.491. The standard InChI is InChI=1S/C20H22ClN5O3/c1-2-29-18(27)12-17(22-20(28)19-23-25-26-24-19)10-13-6-8-14(9-7-13)15-4-3-5-16(21)11-15/h3-9,11,17,25-26H,2,10,12H2,1H3,(H,22,28)(H,23,24)/t17-/m1/s1. The van der Waals surface area contributed by atoms with E-state index in [1.165, 1.54) is 0 Å². The fourth-order valence-electron chi connectivity index (χ4n) is 2.94. The third-order valence-electron chi connectivity index (χ3n) is 4.27. The number of nitrogens with one attached hydrogen (secondary N) is 4. The molecular weight excluding hydrogens is 394 g/mol. The zero-order valence-electron chi connectivity index (χ0n) is 15.9. The third kappa shape index (κ3) is 5.94. The highest BCUT2D eigenvalue weighted by Gasteiger charge is 2.22. The van der Waals surface area contributed by atoms with E-state index >= 15 is 0 Å². The number of hydrogen-bond acceptors (Lipinski definition) is 7. The van der Waals surface area contributed by atoms with E-state index in [9.17, 15) is 9.59 Å². The first-order chi connectivity index (χ1) is 14.0. The fourth-order valence-corrected chi connectivity index (χ4v) is 3.13. The van der Waals surface area contributed by atoms with Crippen LogP contribution in [0.4, 0.5) is 0 Å². The average molecular weight is 416 g/mol. The Balaban J connectivity index is 1.70. The Bertz CT molecular complexity index is 901. The highest BCUT2D eigenvalue weighted by Crippen LogP contribution is 2.23. The Hall–Kier alpha value is -3.10. The molecule has 0 aliphatic carbocycles. The van der Waals surface area contributed by atoms with Gasteiger partial charge in [0.1, 0.15) is 0 Å². The molecule has 2 aromatic rings. The third-order valence-corrected chi connectivity index (χ3v) is 4.50. The van der Waals surface area contributed by atoms with Gasteiger partial charge >= 0.3 is 5.97 Å². The van der Waals surface area contributed by atoms with Crippen LogP contribution >= 0.6 is 11.6 Å². The smallest absolute Gasteiger partial charge is 0.307 e. The second-order valence-corrected chi connectivity index (χ2v) is 6.85. The van der Waals surface area contributed by atoms with E-state index in [1.54, 1.807) is 6.92 Å². The summed E-state index contributed by atoms with van der Waals surface area (Å²) < 4.78 is 5.03. The van der Waals surface area contributed by atoms with E-state index in [0.29, 0.717) is 11.4 Å². The lowest BCUT2D eigenvalue weighted by Crippen LogP contribution is -2.47. The van der Waals surface area contributed by atoms with Crippen LogP contribution in [0.1, 0.15) is 18.9 Å². The number of amides is 1. The summed E-state index contributed by atoms with van der Waals surface area (Å²) in [5.74, 6) is -0.701. The van der Waals surface area contributed by atoms with Crippen LogP contribution in [0.25, 0.3) is 11.1 Å². The minimum atomic E-state index is -0.441. The number of ether oxygens (including phenoxy) is 1. The summed E-state index contributed by atoms with van der Waals surface area (Å²) in [6.45, 7) is 2.03. The van der Waals surface area contributed by atoms with Gasteiger partial charge in [-0.2, -0.15) is 0 Å². The first-order valence-corrected chi connectivity index (χ1v) is 9.58. The molecule has 0 fully saturated rings. The van der Waals surface area contributed by atoms with Gasteiger partial charge in [-0.3, -0.25) is 15.0 Å². The Morgan fingerprint density at radius 2 is 1.97 bits per heavy atom. The summed E-state index contributed by atoms with van der Waals surface area (Å²) >= 11 is 6.06. The minimum Gasteiger partial charge on any atom is -0.466 e. The van der Waals surface area contributed by atoms with E-state index in [1.807, 2.05) is 48.5 Å². The van der Waals surface area contributed by atoms with Crippen molar-refractivity contribution in [3.8, 4) is 11.1 Å². The van der Waals surface area contributed by atoms with Gasteiger partial charge in [-0.15, -0.1) is 10.6 Å². The van der Waals surface area contributed by atoms with Gasteiger partial charge in [-0.1, -0.05) is 48.0 Å². The van der Waals surface area contributed by atoms with Crippen molar-refractivity contribution in [2.24, 2.45) is 5.10 Å². The van der Waals surface area contributed by atoms with E-state index in [-0.39, 0.29) is 24.8 Å². The van der Waals surface area contributed by atoms with Crippen molar-refractivity contribution in [1.82, 2.24) is 21.8 Å². The van der Waals surface area contributed by atoms with Crippen LogP contribution in [0.15, 0.2) is 53.6 Å². The SMILES string of the molecule is CCOC(=O)C[C@@H](Cc1ccc(-c2cccc(Cl)c2)cc1)NC(=O)C1=NNNN1. The van der Waals surface area contributed by atoms with E-state index in [0.717, 1.165) is 16.7 Å². The van der Waals surface area contributed by atoms with Crippen LogP contribution in [-0.4, -0.2) is 30.4 Å². The molecule has 1 amide bonds. The van der Waals surface area contributed by atoms with Gasteiger partial charge in [0.25, 0.3) is 5.91 Å². The summed E-state index contributed by atoms with van der Waals surface area (Å²) in [6.07, 6.45) is 0.526. The molecule has 1 heterocycles. The highest BCUT2D eigenvalue weighted by molar-refractivity contribution is 6.38. The molecule has 1 aliphatic heterocycles. The number of carbonyl (C=O) groups excluding carboxylic acids is 2. The van der Waals surface area contributed by atoms with Crippen LogP contribution in [-0.2, 0) is 20.7 Å². The van der Waals surface area contributed by atoms with Gasteiger partial charge in [0.2, 0.25) is 5.84 Å². The lowest BCUT2D eigenvalue weighted by molar-refractivity contribution is -0.143. The minimum absolute atomic E-state index is 0.0593. The molecule has 0 saturated carbocycles. The van der Waals surface area contributed by atoms with Crippen molar-refractivity contribution < 1.29 is 14.3 Å². The number of carbonyl (C=O) groups is 2. The molecule has 2 aromatic carbocycles. The number of esters is 1. The van der Waals surface area contributed by atoms with Crippen LogP contribution < -0.4 is 21.8 Å². The van der Waals surface area contributed by atoms with Crippen LogP contribution in [0.3, 0.4) is 0 Å². The Labute approximate surface area is 173 Å². The first-order valence-electron chi connectivity index (χ1n) is 9.20. The van der Waals surface area contributed by atoms with Gasteiger partial charge in [0.15, 0.2) is 0 Å². The van der Waals surface area contributed by atoms with Crippen molar-refractivity contribution >= 4 is 29.3 Å². The average Bonchev–Trinajstić information content (AvgIpc) is 3.24. The molecule has 0 radical (unpaired) electrons. The van der Waals surface area contributed by atoms with Gasteiger partial charge in [-0.05, 0) is 42.2 Å². The van der Waals surface area contributed by atoms with Gasteiger partial charge in [-0.25, -0.2) is 5.53 Å². The molecule has 152 valence electrons. The molecule has 9 heteroatoms. The number of hydrogen-bond donors (Lipinski definition) is 4. The van der Waals surface area contributed by atoms with Crippen molar-refractivity contribution in [1.29, 1.82) is 0 Å². The van der Waals surface area contributed by atoms with Crippen molar-refractivity contribution in [3.05, 3.63) is 59.1 Å². The molecule has 29 heavy (non-hydrogen) atoms. The summed E-state index contributed by atoms with van der Waals surface area (Å²) in [5, 5.41) is 7.27.